The first-order valence-electron chi connectivity index (χ1n) is 2.43. The van der Waals surface area contributed by atoms with Gasteiger partial charge in [0.05, 0.1) is 7.11 Å². The largest absolute Gasteiger partial charge is 1.00 e. The third-order valence-electron chi connectivity index (χ3n) is 0.793. The molecular formula is C5H6NNaO4. The molecule has 0 saturated heterocycles. The number of rotatable bonds is 4. The van der Waals surface area contributed by atoms with E-state index in [9.17, 15) is 14.4 Å². The third-order valence-corrected chi connectivity index (χ3v) is 0.793. The van der Waals surface area contributed by atoms with Crippen molar-refractivity contribution in [2.24, 2.45) is 0 Å². The summed E-state index contributed by atoms with van der Waals surface area (Å²) in [7, 11) is 1.11. The Bertz CT molecular complexity index is 149. The number of carbonyl (C=O) groups is 3. The van der Waals surface area contributed by atoms with E-state index in [1.807, 2.05) is 0 Å². The van der Waals surface area contributed by atoms with Crippen molar-refractivity contribution >= 4 is 18.7 Å². The van der Waals surface area contributed by atoms with Crippen LogP contribution in [0.4, 0.5) is 0 Å². The third kappa shape index (κ3) is 4.94. The van der Waals surface area contributed by atoms with Gasteiger partial charge in [-0.3, -0.25) is 4.79 Å². The van der Waals surface area contributed by atoms with Gasteiger partial charge in [-0.2, -0.15) is 0 Å². The second-order valence-corrected chi connectivity index (χ2v) is 1.36. The van der Waals surface area contributed by atoms with Gasteiger partial charge in [0.2, 0.25) is 0 Å². The Morgan fingerprint density at radius 2 is 2.09 bits per heavy atom. The number of ether oxygens (including phenoxy) is 1. The van der Waals surface area contributed by atoms with Gasteiger partial charge in [0, 0.05) is 12.5 Å². The van der Waals surface area contributed by atoms with Crippen molar-refractivity contribution in [1.82, 2.24) is 0 Å². The fourth-order valence-corrected chi connectivity index (χ4v) is 0.338. The molecule has 0 aliphatic heterocycles. The Morgan fingerprint density at radius 3 is 2.36 bits per heavy atom. The van der Waals surface area contributed by atoms with E-state index < -0.39 is 12.0 Å². The number of nitrogens with zero attached hydrogens (tertiary/aromatic N) is 1. The summed E-state index contributed by atoms with van der Waals surface area (Å²) in [4.78, 5) is 30.0. The molecule has 0 fully saturated rings. The molecule has 0 heterocycles. The van der Waals surface area contributed by atoms with E-state index in [2.05, 4.69) is 10.1 Å². The van der Waals surface area contributed by atoms with Crippen molar-refractivity contribution in [3.63, 3.8) is 0 Å². The Hall–Kier alpha value is -0.390. The average molecular weight is 167 g/mol. The molecule has 1 amide bonds. The first kappa shape index (κ1) is 13.2. The van der Waals surface area contributed by atoms with Crippen LogP contribution in [0.3, 0.4) is 0 Å². The zero-order valence-corrected chi connectivity index (χ0v) is 8.31. The molecular weight excluding hydrogens is 161 g/mol. The van der Waals surface area contributed by atoms with E-state index >= 15 is 0 Å². The molecule has 0 rings (SSSR count). The van der Waals surface area contributed by atoms with Crippen LogP contribution >= 0.6 is 0 Å². The number of esters is 1. The van der Waals surface area contributed by atoms with Crippen molar-refractivity contribution in [3.05, 3.63) is 5.32 Å². The van der Waals surface area contributed by atoms with Gasteiger partial charge < -0.3 is 19.6 Å². The molecule has 0 aromatic rings. The topological polar surface area (TPSA) is 74.5 Å². The maximum Gasteiger partial charge on any atom is 1.00 e. The zero-order valence-electron chi connectivity index (χ0n) is 6.31. The average Bonchev–Trinajstić information content (AvgIpc) is 1.99. The molecule has 0 aromatic heterocycles. The molecule has 0 radical (unpaired) electrons. The molecule has 0 aromatic carbocycles. The van der Waals surface area contributed by atoms with E-state index in [4.69, 9.17) is 0 Å². The van der Waals surface area contributed by atoms with E-state index in [0.717, 1.165) is 7.11 Å². The predicted molar refractivity (Wildman–Crippen MR) is 31.3 cm³/mol. The molecule has 56 valence electrons. The molecule has 0 unspecified atom stereocenters. The maximum atomic E-state index is 10.4. The Kier molecular flexibility index (Phi) is 9.27. The molecule has 0 N–H and O–H groups in total. The monoisotopic (exact) mass is 167 g/mol. The molecule has 0 spiro atoms. The summed E-state index contributed by atoms with van der Waals surface area (Å²) in [5.74, 6) is -0.831. The van der Waals surface area contributed by atoms with Crippen molar-refractivity contribution in [2.75, 3.05) is 7.11 Å². The molecule has 5 nitrogen and oxygen atoms in total. The molecule has 0 aliphatic rings. The second kappa shape index (κ2) is 7.71. The van der Waals surface area contributed by atoms with Gasteiger partial charge in [0.15, 0.2) is 0 Å². The van der Waals surface area contributed by atoms with E-state index in [1.165, 1.54) is 0 Å². The molecule has 11 heavy (non-hydrogen) atoms. The Morgan fingerprint density at radius 1 is 1.55 bits per heavy atom. The van der Waals surface area contributed by atoms with Gasteiger partial charge in [0.1, 0.15) is 6.29 Å². The fourth-order valence-electron chi connectivity index (χ4n) is 0.338. The number of aldehydes is 1. The summed E-state index contributed by atoms with van der Waals surface area (Å²) in [6.45, 7) is 0. The first-order chi connectivity index (χ1) is 4.76. The summed E-state index contributed by atoms with van der Waals surface area (Å²) in [6.07, 6.45) is 0.371. The van der Waals surface area contributed by atoms with Crippen LogP contribution in [0, 0.1) is 0 Å². The van der Waals surface area contributed by atoms with Gasteiger partial charge in [-0.05, 0) is 0 Å². The zero-order chi connectivity index (χ0) is 7.98. The van der Waals surface area contributed by atoms with Crippen LogP contribution in [0.15, 0.2) is 0 Å². The van der Waals surface area contributed by atoms with E-state index in [-0.39, 0.29) is 42.3 Å². The standard InChI is InChI=1S/C5H7NO4.Na/c1-10-5(9)4(2-7)6-3-8;/h2-4H,1H3,(H,6,8);/q;+1/p-1/t4-;/m0./s1. The van der Waals surface area contributed by atoms with Crippen LogP contribution in [0.5, 0.6) is 0 Å². The molecule has 0 saturated carbocycles. The van der Waals surface area contributed by atoms with E-state index in [0.29, 0.717) is 0 Å². The Labute approximate surface area is 85.8 Å². The summed E-state index contributed by atoms with van der Waals surface area (Å²) < 4.78 is 4.13. The quantitative estimate of drug-likeness (QED) is 0.187. The number of hydrogen-bond acceptors (Lipinski definition) is 4. The SMILES string of the molecule is COC(=O)[C@H](C=O)[N-]C=O.[Na+]. The van der Waals surface area contributed by atoms with Crippen LogP contribution in [0.25, 0.3) is 5.32 Å². The fraction of sp³-hybridized carbons (Fsp3) is 0.400. The van der Waals surface area contributed by atoms with Gasteiger partial charge in [-0.25, -0.2) is 0 Å². The van der Waals surface area contributed by atoms with Crippen molar-refractivity contribution < 1.29 is 48.7 Å². The molecule has 0 bridgehead atoms. The number of hydrogen-bond donors (Lipinski definition) is 0. The van der Waals surface area contributed by atoms with E-state index in [1.54, 1.807) is 0 Å². The van der Waals surface area contributed by atoms with Crippen LogP contribution < -0.4 is 29.6 Å². The maximum absolute atomic E-state index is 10.4. The molecule has 6 heteroatoms. The van der Waals surface area contributed by atoms with Gasteiger partial charge in [-0.1, -0.05) is 0 Å². The van der Waals surface area contributed by atoms with Crippen molar-refractivity contribution in [1.29, 1.82) is 0 Å². The summed E-state index contributed by atoms with van der Waals surface area (Å²) in [5, 5.41) is 2.99. The molecule has 0 aliphatic carbocycles. The van der Waals surface area contributed by atoms with Crippen LogP contribution in [0.2, 0.25) is 0 Å². The predicted octanol–water partition coefficient (Wildman–Crippen LogP) is -3.74. The molecule has 1 atom stereocenters. The number of amides is 1. The number of carbonyl (C=O) groups excluding carboxylic acids is 3. The van der Waals surface area contributed by atoms with Crippen LogP contribution in [0.1, 0.15) is 0 Å². The van der Waals surface area contributed by atoms with Crippen LogP contribution in [-0.4, -0.2) is 31.8 Å². The second-order valence-electron chi connectivity index (χ2n) is 1.36. The Balaban J connectivity index is 0. The smallest absolute Gasteiger partial charge is 0.639 e. The normalized spacial score (nSPS) is 10.3. The minimum Gasteiger partial charge on any atom is -0.639 e. The minimum absolute atomic E-state index is 0. The van der Waals surface area contributed by atoms with Crippen molar-refractivity contribution in [2.45, 2.75) is 6.04 Å². The minimum atomic E-state index is -1.30. The van der Waals surface area contributed by atoms with Crippen LogP contribution in [-0.2, 0) is 19.1 Å². The first-order valence-corrected chi connectivity index (χ1v) is 2.43. The van der Waals surface area contributed by atoms with Gasteiger partial charge in [-0.15, -0.1) is 0 Å². The van der Waals surface area contributed by atoms with Gasteiger partial charge >= 0.3 is 29.6 Å². The van der Waals surface area contributed by atoms with Gasteiger partial charge in [0.25, 0.3) is 5.97 Å². The number of methoxy groups -OCH3 is 1. The van der Waals surface area contributed by atoms with Crippen molar-refractivity contribution in [3.8, 4) is 0 Å². The summed E-state index contributed by atoms with van der Waals surface area (Å²) >= 11 is 0. The summed E-state index contributed by atoms with van der Waals surface area (Å²) in [6, 6.07) is -1.30. The summed E-state index contributed by atoms with van der Waals surface area (Å²) in [5.41, 5.74) is 0.